The topological polar surface area (TPSA) is 79.5 Å². The van der Waals surface area contributed by atoms with Gasteiger partial charge in [-0.25, -0.2) is 0 Å². The summed E-state index contributed by atoms with van der Waals surface area (Å²) < 4.78 is 5.69. The first-order valence-corrected chi connectivity index (χ1v) is 10.1. The molecule has 2 amide bonds. The van der Waals surface area contributed by atoms with Crippen LogP contribution in [0.4, 0.5) is 5.69 Å². The van der Waals surface area contributed by atoms with E-state index in [-0.39, 0.29) is 23.0 Å². The molecular weight excluding hydrogens is 386 g/mol. The average molecular weight is 414 g/mol. The fourth-order valence-corrected chi connectivity index (χ4v) is 2.80. The van der Waals surface area contributed by atoms with Crippen molar-refractivity contribution in [2.75, 3.05) is 11.9 Å². The number of anilines is 1. The summed E-state index contributed by atoms with van der Waals surface area (Å²) in [5.74, 6) is -0.0894. The highest BCUT2D eigenvalue weighted by molar-refractivity contribution is 7.80. The molecule has 7 heteroatoms. The van der Waals surface area contributed by atoms with Gasteiger partial charge in [0, 0.05) is 6.54 Å². The van der Waals surface area contributed by atoms with Gasteiger partial charge in [-0.1, -0.05) is 37.6 Å². The number of thiocarbonyl (C=S) groups is 1. The second kappa shape index (κ2) is 11.2. The lowest BCUT2D eigenvalue weighted by molar-refractivity contribution is 0.0951. The minimum Gasteiger partial charge on any atom is -0.490 e. The van der Waals surface area contributed by atoms with Gasteiger partial charge in [0.25, 0.3) is 11.8 Å². The van der Waals surface area contributed by atoms with Crippen LogP contribution < -0.4 is 20.7 Å². The molecule has 0 saturated heterocycles. The van der Waals surface area contributed by atoms with Gasteiger partial charge in [0.2, 0.25) is 0 Å². The third-order valence-electron chi connectivity index (χ3n) is 3.96. The third kappa shape index (κ3) is 6.87. The first kappa shape index (κ1) is 22.4. The van der Waals surface area contributed by atoms with Crippen LogP contribution in [0.3, 0.4) is 0 Å². The van der Waals surface area contributed by atoms with Crippen molar-refractivity contribution in [1.82, 2.24) is 10.6 Å². The van der Waals surface area contributed by atoms with Crippen molar-refractivity contribution in [3.05, 3.63) is 59.7 Å². The predicted molar refractivity (Wildman–Crippen MR) is 120 cm³/mol. The summed E-state index contributed by atoms with van der Waals surface area (Å²) in [6.45, 7) is 6.46. The van der Waals surface area contributed by atoms with Crippen molar-refractivity contribution in [3.63, 3.8) is 0 Å². The van der Waals surface area contributed by atoms with E-state index >= 15 is 0 Å². The fraction of sp³-hybridized carbons (Fsp3) is 0.318. The van der Waals surface area contributed by atoms with Crippen LogP contribution in [-0.4, -0.2) is 29.6 Å². The molecule has 0 fully saturated rings. The number of hydrogen-bond donors (Lipinski definition) is 3. The van der Waals surface area contributed by atoms with Crippen LogP contribution in [0.5, 0.6) is 5.75 Å². The zero-order chi connectivity index (χ0) is 21.2. The fourth-order valence-electron chi connectivity index (χ4n) is 2.60. The largest absolute Gasteiger partial charge is 0.490 e. The second-order valence-electron chi connectivity index (χ2n) is 6.73. The molecule has 2 aromatic carbocycles. The van der Waals surface area contributed by atoms with E-state index in [4.69, 9.17) is 17.0 Å². The Morgan fingerprint density at radius 1 is 1.00 bits per heavy atom. The van der Waals surface area contributed by atoms with E-state index in [0.717, 1.165) is 12.8 Å². The summed E-state index contributed by atoms with van der Waals surface area (Å²) in [4.78, 5) is 25.1. The Morgan fingerprint density at radius 2 is 1.66 bits per heavy atom. The molecule has 0 saturated carbocycles. The third-order valence-corrected chi connectivity index (χ3v) is 4.16. The van der Waals surface area contributed by atoms with Crippen molar-refractivity contribution in [3.8, 4) is 5.75 Å². The Morgan fingerprint density at radius 3 is 2.34 bits per heavy atom. The van der Waals surface area contributed by atoms with Crippen LogP contribution in [0, 0.1) is 0 Å². The van der Waals surface area contributed by atoms with E-state index in [1.165, 1.54) is 0 Å². The molecule has 0 aliphatic carbocycles. The molecule has 0 aromatic heterocycles. The van der Waals surface area contributed by atoms with Gasteiger partial charge in [0.15, 0.2) is 5.11 Å². The molecule has 0 unspecified atom stereocenters. The monoisotopic (exact) mass is 413 g/mol. The van der Waals surface area contributed by atoms with Crippen LogP contribution in [0.15, 0.2) is 48.5 Å². The van der Waals surface area contributed by atoms with Gasteiger partial charge in [-0.15, -0.1) is 0 Å². The minimum atomic E-state index is -0.386. The summed E-state index contributed by atoms with van der Waals surface area (Å²) in [7, 11) is 0. The summed E-state index contributed by atoms with van der Waals surface area (Å²) in [5, 5.41) is 8.57. The molecular formula is C22H27N3O3S. The zero-order valence-corrected chi connectivity index (χ0v) is 17.8. The Labute approximate surface area is 177 Å². The molecule has 0 spiro atoms. The molecule has 154 valence electrons. The number of carbonyl (C=O) groups is 2. The van der Waals surface area contributed by atoms with E-state index < -0.39 is 0 Å². The molecule has 2 aromatic rings. The van der Waals surface area contributed by atoms with Gasteiger partial charge in [-0.05, 0) is 56.8 Å². The number of unbranched alkanes of at least 4 members (excludes halogenated alkanes) is 1. The van der Waals surface area contributed by atoms with Crippen LogP contribution >= 0.6 is 12.2 Å². The molecule has 0 aliphatic heterocycles. The maximum Gasteiger partial charge on any atom is 0.261 e. The van der Waals surface area contributed by atoms with Crippen molar-refractivity contribution in [2.45, 2.75) is 39.7 Å². The Balaban J connectivity index is 2.07. The molecule has 29 heavy (non-hydrogen) atoms. The summed E-state index contributed by atoms with van der Waals surface area (Å²) in [5.41, 5.74) is 1.37. The van der Waals surface area contributed by atoms with Crippen molar-refractivity contribution in [2.24, 2.45) is 0 Å². The SMILES string of the molecule is CCCCNC(=O)c1ccccc1NC(=S)NC(=O)c1ccccc1OC(C)C. The van der Waals surface area contributed by atoms with Gasteiger partial charge >= 0.3 is 0 Å². The van der Waals surface area contributed by atoms with E-state index in [2.05, 4.69) is 22.9 Å². The Bertz CT molecular complexity index is 868. The maximum absolute atomic E-state index is 12.6. The number of amides is 2. The van der Waals surface area contributed by atoms with Crippen molar-refractivity contribution >= 4 is 34.8 Å². The normalized spacial score (nSPS) is 10.3. The molecule has 0 aliphatic rings. The number of benzene rings is 2. The Hall–Kier alpha value is -2.93. The summed E-state index contributed by atoms with van der Waals surface area (Å²) in [6, 6.07) is 14.0. The highest BCUT2D eigenvalue weighted by Gasteiger charge is 2.16. The molecule has 2 rings (SSSR count). The standard InChI is InChI=1S/C22H27N3O3S/c1-4-5-14-23-20(26)16-10-6-8-12-18(16)24-22(29)25-21(27)17-11-7-9-13-19(17)28-15(2)3/h6-13,15H,4-5,14H2,1-3H3,(H,23,26)(H2,24,25,27,29). The Kier molecular flexibility index (Phi) is 8.61. The average Bonchev–Trinajstić information content (AvgIpc) is 2.68. The lowest BCUT2D eigenvalue weighted by Gasteiger charge is -2.16. The number of hydrogen-bond acceptors (Lipinski definition) is 4. The maximum atomic E-state index is 12.6. The van der Waals surface area contributed by atoms with Crippen LogP contribution in [-0.2, 0) is 0 Å². The van der Waals surface area contributed by atoms with Crippen LogP contribution in [0.2, 0.25) is 0 Å². The van der Waals surface area contributed by atoms with Gasteiger partial charge in [-0.3, -0.25) is 14.9 Å². The van der Waals surface area contributed by atoms with Gasteiger partial charge in [0.05, 0.1) is 22.9 Å². The molecule has 0 atom stereocenters. The number of para-hydroxylation sites is 2. The van der Waals surface area contributed by atoms with E-state index in [9.17, 15) is 9.59 Å². The highest BCUT2D eigenvalue weighted by Crippen LogP contribution is 2.20. The lowest BCUT2D eigenvalue weighted by atomic mass is 10.1. The number of carbonyl (C=O) groups excluding carboxylic acids is 2. The molecule has 0 heterocycles. The van der Waals surface area contributed by atoms with E-state index in [1.54, 1.807) is 48.5 Å². The van der Waals surface area contributed by atoms with Crippen LogP contribution in [0.1, 0.15) is 54.3 Å². The first-order chi connectivity index (χ1) is 13.9. The highest BCUT2D eigenvalue weighted by atomic mass is 32.1. The lowest BCUT2D eigenvalue weighted by Crippen LogP contribution is -2.35. The van der Waals surface area contributed by atoms with E-state index in [1.807, 2.05) is 13.8 Å². The smallest absolute Gasteiger partial charge is 0.261 e. The zero-order valence-electron chi connectivity index (χ0n) is 17.0. The molecule has 0 bridgehead atoms. The number of ether oxygens (including phenoxy) is 1. The molecule has 6 nitrogen and oxygen atoms in total. The summed E-state index contributed by atoms with van der Waals surface area (Å²) >= 11 is 5.28. The number of nitrogens with one attached hydrogen (secondary N) is 3. The van der Waals surface area contributed by atoms with E-state index in [0.29, 0.717) is 29.1 Å². The van der Waals surface area contributed by atoms with Crippen molar-refractivity contribution < 1.29 is 14.3 Å². The van der Waals surface area contributed by atoms with Crippen LogP contribution in [0.25, 0.3) is 0 Å². The first-order valence-electron chi connectivity index (χ1n) is 9.67. The number of rotatable bonds is 8. The minimum absolute atomic E-state index is 0.0628. The molecule has 0 radical (unpaired) electrons. The van der Waals surface area contributed by atoms with Gasteiger partial charge < -0.3 is 15.4 Å². The quantitative estimate of drug-likeness (QED) is 0.448. The van der Waals surface area contributed by atoms with Gasteiger partial charge in [-0.2, -0.15) is 0 Å². The predicted octanol–water partition coefficient (Wildman–Crippen LogP) is 4.13. The summed E-state index contributed by atoms with van der Waals surface area (Å²) in [6.07, 6.45) is 1.85. The van der Waals surface area contributed by atoms with Gasteiger partial charge in [0.1, 0.15) is 5.75 Å². The second-order valence-corrected chi connectivity index (χ2v) is 7.13. The van der Waals surface area contributed by atoms with Crippen molar-refractivity contribution in [1.29, 1.82) is 0 Å². The molecule has 3 N–H and O–H groups in total.